The number of amides is 1. The van der Waals surface area contributed by atoms with Crippen molar-refractivity contribution >= 4 is 39.8 Å². The van der Waals surface area contributed by atoms with E-state index in [1.165, 1.54) is 34.1 Å². The number of nitrogens with zero attached hydrogens (tertiary/aromatic N) is 3. The number of thioether (sulfide) groups is 1. The monoisotopic (exact) mass is 326 g/mol. The lowest BCUT2D eigenvalue weighted by Gasteiger charge is -2.14. The van der Waals surface area contributed by atoms with Gasteiger partial charge in [-0.2, -0.15) is 0 Å². The summed E-state index contributed by atoms with van der Waals surface area (Å²) in [6.07, 6.45) is 0. The molecule has 112 valence electrons. The molecule has 0 saturated carbocycles. The minimum absolute atomic E-state index is 0.0128. The van der Waals surface area contributed by atoms with Crippen LogP contribution in [-0.4, -0.2) is 40.3 Å². The van der Waals surface area contributed by atoms with Crippen molar-refractivity contribution in [2.45, 2.75) is 16.5 Å². The van der Waals surface area contributed by atoms with Crippen LogP contribution in [0.3, 0.4) is 0 Å². The highest BCUT2D eigenvalue weighted by atomic mass is 32.2. The van der Waals surface area contributed by atoms with E-state index in [2.05, 4.69) is 15.5 Å². The summed E-state index contributed by atoms with van der Waals surface area (Å²) in [4.78, 5) is 13.3. The third-order valence-corrected chi connectivity index (χ3v) is 4.60. The molecule has 1 unspecified atom stereocenters. The van der Waals surface area contributed by atoms with E-state index >= 15 is 0 Å². The standard InChI is InChI=1S/C13H15FN4OS2/c1-8(11(19)18(2)3)20-13-17-16-12(21-13)15-10-7-5-4-6-9(10)14/h4-8H,1-3H3,(H,15,16). The predicted molar refractivity (Wildman–Crippen MR) is 83.6 cm³/mol. The second-order valence-electron chi connectivity index (χ2n) is 4.47. The average molecular weight is 326 g/mol. The van der Waals surface area contributed by atoms with Crippen LogP contribution >= 0.6 is 23.1 Å². The van der Waals surface area contributed by atoms with Gasteiger partial charge in [0.2, 0.25) is 11.0 Å². The Morgan fingerprint density at radius 3 is 2.76 bits per heavy atom. The van der Waals surface area contributed by atoms with Gasteiger partial charge in [-0.3, -0.25) is 4.79 Å². The van der Waals surface area contributed by atoms with Crippen molar-refractivity contribution in [2.24, 2.45) is 0 Å². The van der Waals surface area contributed by atoms with Crippen LogP contribution in [0, 0.1) is 5.82 Å². The lowest BCUT2D eigenvalue weighted by molar-refractivity contribution is -0.127. The first-order valence-electron chi connectivity index (χ1n) is 6.20. The largest absolute Gasteiger partial charge is 0.348 e. The molecule has 8 heteroatoms. The van der Waals surface area contributed by atoms with Crippen molar-refractivity contribution in [1.82, 2.24) is 15.1 Å². The third-order valence-electron chi connectivity index (χ3n) is 2.59. The highest BCUT2D eigenvalue weighted by molar-refractivity contribution is 8.02. The fourth-order valence-corrected chi connectivity index (χ4v) is 3.60. The van der Waals surface area contributed by atoms with Crippen LogP contribution in [-0.2, 0) is 4.79 Å². The fourth-order valence-electron chi connectivity index (χ4n) is 1.55. The smallest absolute Gasteiger partial charge is 0.235 e. The van der Waals surface area contributed by atoms with Gasteiger partial charge < -0.3 is 10.2 Å². The summed E-state index contributed by atoms with van der Waals surface area (Å²) in [5.41, 5.74) is 0.350. The Kier molecular flexibility index (Phi) is 5.13. The number of hydrogen-bond acceptors (Lipinski definition) is 6. The van der Waals surface area contributed by atoms with Crippen molar-refractivity contribution in [2.75, 3.05) is 19.4 Å². The Balaban J connectivity index is 2.02. The molecular weight excluding hydrogens is 311 g/mol. The second-order valence-corrected chi connectivity index (χ2v) is 7.04. The number of para-hydroxylation sites is 1. The van der Waals surface area contributed by atoms with Crippen molar-refractivity contribution < 1.29 is 9.18 Å². The fraction of sp³-hybridized carbons (Fsp3) is 0.308. The topological polar surface area (TPSA) is 58.1 Å². The maximum atomic E-state index is 13.5. The Morgan fingerprint density at radius 2 is 2.10 bits per heavy atom. The number of hydrogen-bond donors (Lipinski definition) is 1. The lowest BCUT2D eigenvalue weighted by atomic mass is 10.3. The molecule has 0 saturated heterocycles. The molecule has 1 aromatic carbocycles. The van der Waals surface area contributed by atoms with Crippen LogP contribution in [0.1, 0.15) is 6.92 Å². The molecule has 0 radical (unpaired) electrons. The van der Waals surface area contributed by atoms with Crippen molar-refractivity contribution in [3.05, 3.63) is 30.1 Å². The summed E-state index contributed by atoms with van der Waals surface area (Å²) in [7, 11) is 3.43. The number of benzene rings is 1. The van der Waals surface area contributed by atoms with Gasteiger partial charge in [-0.25, -0.2) is 4.39 Å². The quantitative estimate of drug-likeness (QED) is 0.856. The number of aromatic nitrogens is 2. The van der Waals surface area contributed by atoms with Crippen LogP contribution in [0.5, 0.6) is 0 Å². The zero-order chi connectivity index (χ0) is 15.4. The van der Waals surface area contributed by atoms with Crippen molar-refractivity contribution in [3.8, 4) is 0 Å². The Hall–Kier alpha value is -1.67. The number of carbonyl (C=O) groups is 1. The van der Waals surface area contributed by atoms with E-state index in [-0.39, 0.29) is 17.0 Å². The van der Waals surface area contributed by atoms with Gasteiger partial charge in [-0.05, 0) is 19.1 Å². The van der Waals surface area contributed by atoms with Crippen LogP contribution in [0.15, 0.2) is 28.6 Å². The van der Waals surface area contributed by atoms with E-state index in [0.29, 0.717) is 15.2 Å². The van der Waals surface area contributed by atoms with Gasteiger partial charge in [-0.15, -0.1) is 10.2 Å². The third kappa shape index (κ3) is 4.15. The summed E-state index contributed by atoms with van der Waals surface area (Å²) in [5.74, 6) is -0.336. The maximum absolute atomic E-state index is 13.5. The molecule has 0 aliphatic rings. The van der Waals surface area contributed by atoms with Crippen molar-refractivity contribution in [1.29, 1.82) is 0 Å². The molecule has 21 heavy (non-hydrogen) atoms. The van der Waals surface area contributed by atoms with E-state index in [9.17, 15) is 9.18 Å². The van der Waals surface area contributed by atoms with Gasteiger partial charge >= 0.3 is 0 Å². The highest BCUT2D eigenvalue weighted by Crippen LogP contribution is 2.31. The van der Waals surface area contributed by atoms with E-state index in [4.69, 9.17) is 0 Å². The predicted octanol–water partition coefficient (Wildman–Crippen LogP) is 2.99. The van der Waals surface area contributed by atoms with Gasteiger partial charge in [0.1, 0.15) is 5.82 Å². The van der Waals surface area contributed by atoms with Gasteiger partial charge in [0.05, 0.1) is 10.9 Å². The van der Waals surface area contributed by atoms with Crippen molar-refractivity contribution in [3.63, 3.8) is 0 Å². The number of anilines is 2. The summed E-state index contributed by atoms with van der Waals surface area (Å²) in [5, 5.41) is 11.1. The molecule has 1 N–H and O–H groups in total. The summed E-state index contributed by atoms with van der Waals surface area (Å²) >= 11 is 2.62. The molecule has 1 atom stereocenters. The Bertz CT molecular complexity index is 632. The molecule has 1 amide bonds. The normalized spacial score (nSPS) is 12.0. The van der Waals surface area contributed by atoms with Gasteiger partial charge in [0.25, 0.3) is 0 Å². The zero-order valence-corrected chi connectivity index (χ0v) is 13.5. The molecule has 2 aromatic rings. The first-order chi connectivity index (χ1) is 9.97. The maximum Gasteiger partial charge on any atom is 0.235 e. The molecular formula is C13H15FN4OS2. The summed E-state index contributed by atoms with van der Waals surface area (Å²) in [6, 6.07) is 6.36. The minimum atomic E-state index is -0.349. The molecule has 0 bridgehead atoms. The van der Waals surface area contributed by atoms with Crippen LogP contribution in [0.25, 0.3) is 0 Å². The molecule has 1 aromatic heterocycles. The molecule has 2 rings (SSSR count). The molecule has 0 aliphatic carbocycles. The van der Waals surface area contributed by atoms with E-state index in [0.717, 1.165) is 0 Å². The molecule has 1 heterocycles. The van der Waals surface area contributed by atoms with Crippen LogP contribution < -0.4 is 5.32 Å². The van der Waals surface area contributed by atoms with Gasteiger partial charge in [0.15, 0.2) is 4.34 Å². The Morgan fingerprint density at radius 1 is 1.38 bits per heavy atom. The summed E-state index contributed by atoms with van der Waals surface area (Å²) in [6.45, 7) is 1.82. The van der Waals surface area contributed by atoms with Crippen LogP contribution in [0.2, 0.25) is 0 Å². The minimum Gasteiger partial charge on any atom is -0.348 e. The number of nitrogens with one attached hydrogen (secondary N) is 1. The SMILES string of the molecule is CC(Sc1nnc(Nc2ccccc2F)s1)C(=O)N(C)C. The molecule has 5 nitrogen and oxygen atoms in total. The van der Waals surface area contributed by atoms with E-state index in [1.54, 1.807) is 32.3 Å². The van der Waals surface area contributed by atoms with E-state index < -0.39 is 0 Å². The zero-order valence-electron chi connectivity index (χ0n) is 11.8. The molecule has 0 fully saturated rings. The summed E-state index contributed by atoms with van der Waals surface area (Å²) < 4.78 is 14.2. The highest BCUT2D eigenvalue weighted by Gasteiger charge is 2.18. The van der Waals surface area contributed by atoms with Gasteiger partial charge in [0, 0.05) is 14.1 Å². The van der Waals surface area contributed by atoms with Gasteiger partial charge in [-0.1, -0.05) is 35.2 Å². The second kappa shape index (κ2) is 6.86. The average Bonchev–Trinajstić information content (AvgIpc) is 2.87. The first-order valence-corrected chi connectivity index (χ1v) is 7.90. The lowest BCUT2D eigenvalue weighted by Crippen LogP contribution is -2.29. The molecule has 0 aliphatic heterocycles. The van der Waals surface area contributed by atoms with E-state index in [1.807, 2.05) is 6.92 Å². The number of rotatable bonds is 5. The van der Waals surface area contributed by atoms with Crippen LogP contribution in [0.4, 0.5) is 15.2 Å². The Labute approximate surface area is 130 Å². The molecule has 0 spiro atoms. The number of halogens is 1. The first kappa shape index (κ1) is 15.7. The number of carbonyl (C=O) groups excluding carboxylic acids is 1.